The predicted octanol–water partition coefficient (Wildman–Crippen LogP) is 1.49. The molecule has 0 saturated carbocycles. The van der Waals surface area contributed by atoms with E-state index in [1.54, 1.807) is 11.3 Å². The van der Waals surface area contributed by atoms with E-state index in [9.17, 15) is 4.79 Å². The second-order valence-corrected chi connectivity index (χ2v) is 7.37. The van der Waals surface area contributed by atoms with E-state index in [1.807, 2.05) is 41.9 Å². The summed E-state index contributed by atoms with van der Waals surface area (Å²) in [4.78, 5) is 26.6. The average molecular weight is 344 g/mol. The lowest BCUT2D eigenvalue weighted by Gasteiger charge is -2.29. The minimum Gasteiger partial charge on any atom is -0.378 e. The van der Waals surface area contributed by atoms with Crippen LogP contribution in [0.3, 0.4) is 0 Å². The Bertz CT molecular complexity index is 704. The van der Waals surface area contributed by atoms with Gasteiger partial charge in [-0.05, 0) is 11.4 Å². The van der Waals surface area contributed by atoms with Gasteiger partial charge in [0.1, 0.15) is 0 Å². The zero-order valence-corrected chi connectivity index (χ0v) is 14.4. The van der Waals surface area contributed by atoms with Crippen LogP contribution in [0.5, 0.6) is 0 Å². The van der Waals surface area contributed by atoms with Crippen LogP contribution < -0.4 is 0 Å². The molecule has 2 aliphatic rings. The summed E-state index contributed by atoms with van der Waals surface area (Å²) in [6.45, 7) is 3.45. The maximum atomic E-state index is 12.4. The minimum absolute atomic E-state index is 0.0752. The Balaban J connectivity index is 1.48. The lowest BCUT2D eigenvalue weighted by atomic mass is 10.1. The quantitative estimate of drug-likeness (QED) is 0.844. The summed E-state index contributed by atoms with van der Waals surface area (Å²) in [5.41, 5.74) is 1.08. The number of aromatic nitrogens is 2. The fourth-order valence-electron chi connectivity index (χ4n) is 3.34. The lowest BCUT2D eigenvalue weighted by molar-refractivity contribution is -0.133. The second kappa shape index (κ2) is 6.58. The smallest absolute Gasteiger partial charge is 0.229 e. The third-order valence-corrected chi connectivity index (χ3v) is 5.54. The Kier molecular flexibility index (Phi) is 4.30. The summed E-state index contributed by atoms with van der Waals surface area (Å²) in [6.07, 6.45) is 3.79. The van der Waals surface area contributed by atoms with E-state index in [1.165, 1.54) is 0 Å². The molecule has 6 nitrogen and oxygen atoms in total. The molecular weight excluding hydrogens is 324 g/mol. The molecule has 7 heteroatoms. The Morgan fingerprint density at radius 3 is 2.88 bits per heavy atom. The average Bonchev–Trinajstić information content (AvgIpc) is 3.04. The van der Waals surface area contributed by atoms with Crippen LogP contribution in [0.4, 0.5) is 0 Å². The summed E-state index contributed by atoms with van der Waals surface area (Å²) in [6, 6.07) is 4.15. The van der Waals surface area contributed by atoms with Crippen LogP contribution in [0.25, 0.3) is 10.7 Å². The second-order valence-electron chi connectivity index (χ2n) is 6.42. The third-order valence-electron chi connectivity index (χ3n) is 4.67. The van der Waals surface area contributed by atoms with Crippen molar-refractivity contribution >= 4 is 17.2 Å². The maximum absolute atomic E-state index is 12.4. The van der Waals surface area contributed by atoms with Gasteiger partial charge >= 0.3 is 0 Å². The Morgan fingerprint density at radius 2 is 2.12 bits per heavy atom. The van der Waals surface area contributed by atoms with Crippen molar-refractivity contribution in [3.63, 3.8) is 0 Å². The van der Waals surface area contributed by atoms with E-state index in [2.05, 4.69) is 14.9 Å². The molecule has 126 valence electrons. The fraction of sp³-hybridized carbons (Fsp3) is 0.471. The largest absolute Gasteiger partial charge is 0.378 e. The number of rotatable bonds is 3. The molecule has 0 aliphatic carbocycles. The number of thiophene rings is 1. The van der Waals surface area contributed by atoms with Crippen molar-refractivity contribution in [3.8, 4) is 10.7 Å². The molecule has 2 saturated heterocycles. The van der Waals surface area contributed by atoms with E-state index in [0.29, 0.717) is 13.2 Å². The van der Waals surface area contributed by atoms with Crippen molar-refractivity contribution in [3.05, 3.63) is 35.5 Å². The number of ether oxygens (including phenoxy) is 1. The number of carbonyl (C=O) groups is 1. The highest BCUT2D eigenvalue weighted by Crippen LogP contribution is 2.22. The molecule has 0 aromatic carbocycles. The fourth-order valence-corrected chi connectivity index (χ4v) is 4.02. The van der Waals surface area contributed by atoms with Gasteiger partial charge in [-0.2, -0.15) is 0 Å². The lowest BCUT2D eigenvalue weighted by Crippen LogP contribution is -2.42. The highest BCUT2D eigenvalue weighted by molar-refractivity contribution is 7.13. The van der Waals surface area contributed by atoms with Gasteiger partial charge in [-0.25, -0.2) is 9.97 Å². The summed E-state index contributed by atoms with van der Waals surface area (Å²) in [5.74, 6) is 0.892. The van der Waals surface area contributed by atoms with Gasteiger partial charge in [-0.1, -0.05) is 6.07 Å². The van der Waals surface area contributed by atoms with Gasteiger partial charge in [0.15, 0.2) is 5.82 Å². The summed E-state index contributed by atoms with van der Waals surface area (Å²) in [7, 11) is 1.89. The number of hydrogen-bond donors (Lipinski definition) is 0. The summed E-state index contributed by atoms with van der Waals surface area (Å²) < 4.78 is 5.65. The first kappa shape index (κ1) is 15.7. The van der Waals surface area contributed by atoms with Crippen LogP contribution in [-0.2, 0) is 16.1 Å². The highest BCUT2D eigenvalue weighted by Gasteiger charge is 2.37. The Hall–Kier alpha value is -1.83. The Morgan fingerprint density at radius 1 is 1.29 bits per heavy atom. The van der Waals surface area contributed by atoms with Gasteiger partial charge in [0.05, 0.1) is 30.1 Å². The van der Waals surface area contributed by atoms with Gasteiger partial charge in [-0.3, -0.25) is 9.69 Å². The first-order valence-electron chi connectivity index (χ1n) is 8.12. The van der Waals surface area contributed by atoms with E-state index in [0.717, 1.165) is 35.9 Å². The standard InChI is InChI=1S/C17H20N4O2S/c1-20-14-9-21(8-13(17(20)22)10-23-11-14)7-12-5-18-16(19-6-12)15-3-2-4-24-15/h2-6,13-14H,7-11H2,1H3/t13-,14+/m1/s1. The first-order valence-corrected chi connectivity index (χ1v) is 9.00. The molecular formula is C17H20N4O2S. The number of nitrogens with zero attached hydrogens (tertiary/aromatic N) is 4. The van der Waals surface area contributed by atoms with Crippen molar-refractivity contribution in [2.24, 2.45) is 5.92 Å². The van der Waals surface area contributed by atoms with Crippen molar-refractivity contribution in [1.29, 1.82) is 0 Å². The maximum Gasteiger partial charge on any atom is 0.229 e. The molecule has 2 aromatic heterocycles. The zero-order valence-electron chi connectivity index (χ0n) is 13.6. The van der Waals surface area contributed by atoms with E-state index < -0.39 is 0 Å². The van der Waals surface area contributed by atoms with E-state index in [4.69, 9.17) is 4.74 Å². The third kappa shape index (κ3) is 3.07. The normalized spacial score (nSPS) is 24.9. The van der Waals surface area contributed by atoms with Crippen LogP contribution in [0.15, 0.2) is 29.9 Å². The molecule has 0 spiro atoms. The van der Waals surface area contributed by atoms with Gasteiger partial charge in [0, 0.05) is 44.6 Å². The van der Waals surface area contributed by atoms with Crippen LogP contribution >= 0.6 is 11.3 Å². The van der Waals surface area contributed by atoms with Crippen molar-refractivity contribution < 1.29 is 9.53 Å². The van der Waals surface area contributed by atoms with Crippen LogP contribution in [0.1, 0.15) is 5.56 Å². The van der Waals surface area contributed by atoms with Crippen molar-refractivity contribution in [2.45, 2.75) is 12.6 Å². The molecule has 1 amide bonds. The Labute approximate surface area is 145 Å². The van der Waals surface area contributed by atoms with Crippen LogP contribution in [0.2, 0.25) is 0 Å². The first-order chi connectivity index (χ1) is 11.7. The zero-order chi connectivity index (χ0) is 16.5. The SMILES string of the molecule is CN1C(=O)[C@H]2COC[C@@H]1CN(Cc1cnc(-c3cccs3)nc1)C2. The summed E-state index contributed by atoms with van der Waals surface area (Å²) in [5, 5.41) is 2.03. The molecule has 2 bridgehead atoms. The number of fused-ring (bicyclic) bond motifs is 3. The van der Waals surface area contributed by atoms with Crippen molar-refractivity contribution in [1.82, 2.24) is 19.8 Å². The molecule has 2 aromatic rings. The number of likely N-dealkylation sites (N-methyl/N-ethyl adjacent to an activating group) is 1. The molecule has 0 N–H and O–H groups in total. The molecule has 4 rings (SSSR count). The summed E-state index contributed by atoms with van der Waals surface area (Å²) >= 11 is 1.64. The molecule has 2 fully saturated rings. The van der Waals surface area contributed by atoms with E-state index in [-0.39, 0.29) is 17.9 Å². The molecule has 4 heterocycles. The van der Waals surface area contributed by atoms with Crippen molar-refractivity contribution in [2.75, 3.05) is 33.4 Å². The molecule has 24 heavy (non-hydrogen) atoms. The van der Waals surface area contributed by atoms with Gasteiger partial charge in [0.2, 0.25) is 5.91 Å². The number of hydrogen-bond acceptors (Lipinski definition) is 6. The number of amides is 1. The number of carbonyl (C=O) groups excluding carboxylic acids is 1. The monoisotopic (exact) mass is 344 g/mol. The van der Waals surface area contributed by atoms with Gasteiger partial charge < -0.3 is 9.64 Å². The minimum atomic E-state index is -0.0752. The molecule has 2 aliphatic heterocycles. The molecule has 2 atom stereocenters. The van der Waals surface area contributed by atoms with Crippen LogP contribution in [-0.4, -0.2) is 65.1 Å². The molecule has 0 unspecified atom stereocenters. The van der Waals surface area contributed by atoms with Crippen LogP contribution in [0, 0.1) is 5.92 Å². The highest BCUT2D eigenvalue weighted by atomic mass is 32.1. The molecule has 0 radical (unpaired) electrons. The topological polar surface area (TPSA) is 58.6 Å². The van der Waals surface area contributed by atoms with Gasteiger partial charge in [-0.15, -0.1) is 11.3 Å². The van der Waals surface area contributed by atoms with Gasteiger partial charge in [0.25, 0.3) is 0 Å². The van der Waals surface area contributed by atoms with E-state index >= 15 is 0 Å². The predicted molar refractivity (Wildman–Crippen MR) is 91.5 cm³/mol.